The third-order valence-corrected chi connectivity index (χ3v) is 4.28. The summed E-state index contributed by atoms with van der Waals surface area (Å²) in [5.41, 5.74) is 3.26. The Morgan fingerprint density at radius 1 is 1.03 bits per heavy atom. The average Bonchev–Trinajstić information content (AvgIpc) is 3.13. The van der Waals surface area contributed by atoms with Gasteiger partial charge in [0.25, 0.3) is 5.91 Å². The van der Waals surface area contributed by atoms with Gasteiger partial charge in [-0.2, -0.15) is 5.10 Å². The molecule has 6 nitrogen and oxygen atoms in total. The minimum atomic E-state index is -0.584. The number of carbonyl (C=O) groups excluding carboxylic acids is 2. The SMILES string of the molecule is CC(C)(C)NC(=O)COC(=O)/C=C/c1cn(Cc2ccccc2)nc1-c1ccccc1. The van der Waals surface area contributed by atoms with Gasteiger partial charge in [-0.15, -0.1) is 0 Å². The van der Waals surface area contributed by atoms with Crippen molar-refractivity contribution in [2.75, 3.05) is 6.61 Å². The second-order valence-electron chi connectivity index (χ2n) is 8.22. The molecule has 1 aromatic heterocycles. The van der Waals surface area contributed by atoms with Crippen LogP contribution in [-0.2, 0) is 20.9 Å². The van der Waals surface area contributed by atoms with E-state index < -0.39 is 5.97 Å². The number of esters is 1. The van der Waals surface area contributed by atoms with Gasteiger partial charge in [0.15, 0.2) is 6.61 Å². The van der Waals surface area contributed by atoms with Gasteiger partial charge in [-0.05, 0) is 32.4 Å². The predicted octanol–water partition coefficient (Wildman–Crippen LogP) is 4.07. The lowest BCUT2D eigenvalue weighted by molar-refractivity contribution is -0.144. The molecule has 0 aliphatic heterocycles. The van der Waals surface area contributed by atoms with E-state index in [0.29, 0.717) is 6.54 Å². The molecule has 0 aliphatic rings. The van der Waals surface area contributed by atoms with Gasteiger partial charge in [0.05, 0.1) is 12.2 Å². The van der Waals surface area contributed by atoms with Crippen LogP contribution < -0.4 is 5.32 Å². The summed E-state index contributed by atoms with van der Waals surface area (Å²) in [5, 5.41) is 7.47. The summed E-state index contributed by atoms with van der Waals surface area (Å²) in [6, 6.07) is 19.8. The van der Waals surface area contributed by atoms with Crippen LogP contribution in [0.5, 0.6) is 0 Å². The molecule has 0 radical (unpaired) electrons. The molecule has 31 heavy (non-hydrogen) atoms. The molecule has 0 bridgehead atoms. The topological polar surface area (TPSA) is 73.2 Å². The van der Waals surface area contributed by atoms with E-state index in [4.69, 9.17) is 9.84 Å². The van der Waals surface area contributed by atoms with Gasteiger partial charge in [-0.25, -0.2) is 4.79 Å². The molecule has 1 heterocycles. The van der Waals surface area contributed by atoms with Crippen LogP contribution in [0.25, 0.3) is 17.3 Å². The van der Waals surface area contributed by atoms with Crippen molar-refractivity contribution in [3.05, 3.63) is 84.1 Å². The maximum Gasteiger partial charge on any atom is 0.331 e. The fourth-order valence-corrected chi connectivity index (χ4v) is 3.03. The van der Waals surface area contributed by atoms with Gasteiger partial charge < -0.3 is 10.1 Å². The minimum Gasteiger partial charge on any atom is -0.452 e. The average molecular weight is 418 g/mol. The number of carbonyl (C=O) groups is 2. The third kappa shape index (κ3) is 6.96. The first-order valence-electron chi connectivity index (χ1n) is 10.1. The molecule has 3 aromatic rings. The maximum atomic E-state index is 12.1. The summed E-state index contributed by atoms with van der Waals surface area (Å²) in [5.74, 6) is -0.922. The smallest absolute Gasteiger partial charge is 0.331 e. The van der Waals surface area contributed by atoms with Crippen molar-refractivity contribution in [2.24, 2.45) is 0 Å². The molecule has 0 aliphatic carbocycles. The van der Waals surface area contributed by atoms with Crippen LogP contribution in [-0.4, -0.2) is 33.8 Å². The van der Waals surface area contributed by atoms with E-state index in [2.05, 4.69) is 5.32 Å². The number of amides is 1. The van der Waals surface area contributed by atoms with Crippen molar-refractivity contribution in [3.63, 3.8) is 0 Å². The van der Waals surface area contributed by atoms with Crippen molar-refractivity contribution in [2.45, 2.75) is 32.9 Å². The molecule has 0 spiro atoms. The Morgan fingerprint density at radius 3 is 2.32 bits per heavy atom. The first-order chi connectivity index (χ1) is 14.8. The van der Waals surface area contributed by atoms with Crippen molar-refractivity contribution >= 4 is 18.0 Å². The van der Waals surface area contributed by atoms with E-state index >= 15 is 0 Å². The number of nitrogens with zero attached hydrogens (tertiary/aromatic N) is 2. The second-order valence-corrected chi connectivity index (χ2v) is 8.22. The first-order valence-corrected chi connectivity index (χ1v) is 10.1. The monoisotopic (exact) mass is 417 g/mol. The van der Waals surface area contributed by atoms with Crippen molar-refractivity contribution < 1.29 is 14.3 Å². The van der Waals surface area contributed by atoms with E-state index in [-0.39, 0.29) is 18.1 Å². The van der Waals surface area contributed by atoms with Crippen molar-refractivity contribution in [1.29, 1.82) is 0 Å². The molecule has 1 N–H and O–H groups in total. The summed E-state index contributed by atoms with van der Waals surface area (Å²) in [6.07, 6.45) is 4.88. The Labute approximate surface area is 182 Å². The van der Waals surface area contributed by atoms with Crippen LogP contribution in [0.4, 0.5) is 0 Å². The lowest BCUT2D eigenvalue weighted by Crippen LogP contribution is -2.42. The van der Waals surface area contributed by atoms with Gasteiger partial charge in [0.1, 0.15) is 0 Å². The number of aromatic nitrogens is 2. The molecule has 2 aromatic carbocycles. The number of ether oxygens (including phenoxy) is 1. The summed E-state index contributed by atoms with van der Waals surface area (Å²) in [4.78, 5) is 23.9. The van der Waals surface area contributed by atoms with E-state index in [9.17, 15) is 9.59 Å². The lowest BCUT2D eigenvalue weighted by atomic mass is 10.1. The Morgan fingerprint density at radius 2 is 1.68 bits per heavy atom. The third-order valence-electron chi connectivity index (χ3n) is 4.28. The highest BCUT2D eigenvalue weighted by Gasteiger charge is 2.15. The van der Waals surface area contributed by atoms with E-state index in [1.807, 2.05) is 92.3 Å². The molecular weight excluding hydrogens is 390 g/mol. The highest BCUT2D eigenvalue weighted by molar-refractivity contribution is 5.90. The Hall–Kier alpha value is -3.67. The van der Waals surface area contributed by atoms with Crippen LogP contribution in [0.15, 0.2) is 72.9 Å². The van der Waals surface area contributed by atoms with Crippen LogP contribution in [0.1, 0.15) is 31.9 Å². The molecule has 160 valence electrons. The zero-order valence-electron chi connectivity index (χ0n) is 18.0. The summed E-state index contributed by atoms with van der Waals surface area (Å²) in [7, 11) is 0. The van der Waals surface area contributed by atoms with Crippen molar-refractivity contribution in [1.82, 2.24) is 15.1 Å². The van der Waals surface area contributed by atoms with Gasteiger partial charge in [0.2, 0.25) is 0 Å². The normalized spacial score (nSPS) is 11.5. The minimum absolute atomic E-state index is 0.320. The Balaban J connectivity index is 1.74. The summed E-state index contributed by atoms with van der Waals surface area (Å²) in [6.45, 7) is 5.89. The molecule has 0 saturated heterocycles. The number of rotatable bonds is 7. The van der Waals surface area contributed by atoms with Crippen LogP contribution in [0, 0.1) is 0 Å². The molecule has 0 fully saturated rings. The largest absolute Gasteiger partial charge is 0.452 e. The molecule has 1 amide bonds. The standard InChI is InChI=1S/C25H27N3O3/c1-25(2,3)26-22(29)18-31-23(30)15-14-21-17-28(16-19-10-6-4-7-11-19)27-24(21)20-12-8-5-9-13-20/h4-15,17H,16,18H2,1-3H3,(H,26,29)/b15-14+. The van der Waals surface area contributed by atoms with Gasteiger partial charge in [-0.3, -0.25) is 9.48 Å². The fraction of sp³-hybridized carbons (Fsp3) is 0.240. The van der Waals surface area contributed by atoms with E-state index in [0.717, 1.165) is 22.4 Å². The highest BCUT2D eigenvalue weighted by Crippen LogP contribution is 2.23. The van der Waals surface area contributed by atoms with E-state index in [1.54, 1.807) is 6.08 Å². The van der Waals surface area contributed by atoms with Gasteiger partial charge >= 0.3 is 5.97 Å². The lowest BCUT2D eigenvalue weighted by Gasteiger charge is -2.20. The summed E-state index contributed by atoms with van der Waals surface area (Å²) < 4.78 is 6.90. The first kappa shape index (κ1) is 22.0. The van der Waals surface area contributed by atoms with Crippen LogP contribution >= 0.6 is 0 Å². The molecule has 0 saturated carbocycles. The van der Waals surface area contributed by atoms with Crippen molar-refractivity contribution in [3.8, 4) is 11.3 Å². The zero-order valence-corrected chi connectivity index (χ0v) is 18.0. The number of benzene rings is 2. The number of hydrogen-bond donors (Lipinski definition) is 1. The maximum absolute atomic E-state index is 12.1. The molecule has 6 heteroatoms. The van der Waals surface area contributed by atoms with E-state index in [1.165, 1.54) is 6.08 Å². The number of hydrogen-bond acceptors (Lipinski definition) is 4. The van der Waals surface area contributed by atoms with Gasteiger partial charge in [0, 0.05) is 28.9 Å². The molecule has 0 atom stereocenters. The molecular formula is C25H27N3O3. The van der Waals surface area contributed by atoms with Gasteiger partial charge in [-0.1, -0.05) is 60.7 Å². The highest BCUT2D eigenvalue weighted by atomic mass is 16.5. The van der Waals surface area contributed by atoms with Crippen LogP contribution in [0.2, 0.25) is 0 Å². The van der Waals surface area contributed by atoms with Crippen LogP contribution in [0.3, 0.4) is 0 Å². The number of nitrogens with one attached hydrogen (secondary N) is 1. The predicted molar refractivity (Wildman–Crippen MR) is 121 cm³/mol. The molecule has 3 rings (SSSR count). The quantitative estimate of drug-likeness (QED) is 0.465. The zero-order chi connectivity index (χ0) is 22.3. The Bertz CT molecular complexity index is 1050. The second kappa shape index (κ2) is 9.89. The molecule has 0 unspecified atom stereocenters. The summed E-state index contributed by atoms with van der Waals surface area (Å²) >= 11 is 0. The Kier molecular flexibility index (Phi) is 7.03. The fourth-order valence-electron chi connectivity index (χ4n) is 3.03.